The Kier molecular flexibility index (Phi) is 5.67. The first kappa shape index (κ1) is 21.8. The second-order valence-corrected chi connectivity index (χ2v) is 8.24. The topological polar surface area (TPSA) is 108 Å². The van der Waals surface area contributed by atoms with E-state index >= 15 is 0 Å². The van der Waals surface area contributed by atoms with E-state index in [1.165, 1.54) is 11.8 Å². The molecule has 1 N–H and O–H groups in total. The van der Waals surface area contributed by atoms with Gasteiger partial charge in [0.05, 0.1) is 23.2 Å². The van der Waals surface area contributed by atoms with Crippen molar-refractivity contribution in [1.82, 2.24) is 0 Å². The molecule has 0 spiro atoms. The summed E-state index contributed by atoms with van der Waals surface area (Å²) in [7, 11) is 0. The fourth-order valence-electron chi connectivity index (χ4n) is 3.43. The number of nitriles is 1. The molecule has 2 aromatic rings. The fraction of sp³-hybridized carbons (Fsp3) is 0.250. The van der Waals surface area contributed by atoms with Crippen LogP contribution < -0.4 is 9.64 Å². The predicted molar refractivity (Wildman–Crippen MR) is 113 cm³/mol. The Morgan fingerprint density at radius 3 is 2.32 bits per heavy atom. The number of carbonyl (C=O) groups excluding carboxylic acids is 3. The van der Waals surface area contributed by atoms with Gasteiger partial charge in [-0.2, -0.15) is 5.26 Å². The smallest absolute Gasteiger partial charge is 0.308 e. The minimum Gasteiger partial charge on any atom is -0.503 e. The molecule has 1 aliphatic heterocycles. The van der Waals surface area contributed by atoms with Crippen LogP contribution in [0, 0.1) is 16.7 Å². The zero-order chi connectivity index (χ0) is 22.9. The number of rotatable bonds is 4. The molecule has 0 radical (unpaired) electrons. The maximum absolute atomic E-state index is 13.2. The normalized spacial score (nSPS) is 16.3. The van der Waals surface area contributed by atoms with Gasteiger partial charge in [0.15, 0.2) is 11.5 Å². The number of carbonyl (C=O) groups is 3. The summed E-state index contributed by atoms with van der Waals surface area (Å²) in [4.78, 5) is 39.0. The molecule has 0 bridgehead atoms. The number of anilines is 1. The highest BCUT2D eigenvalue weighted by molar-refractivity contribution is 6.17. The molecule has 0 aliphatic carbocycles. The zero-order valence-electron chi connectivity index (χ0n) is 17.7. The lowest BCUT2D eigenvalue weighted by atomic mass is 9.82. The van der Waals surface area contributed by atoms with Crippen molar-refractivity contribution in [1.29, 1.82) is 5.26 Å². The second-order valence-electron chi connectivity index (χ2n) is 8.24. The quantitative estimate of drug-likeness (QED) is 0.594. The Labute approximate surface area is 180 Å². The number of benzene rings is 2. The number of ketones is 1. The number of aliphatic hydroxyl groups excluding tert-OH is 1. The number of amides is 1. The van der Waals surface area contributed by atoms with Gasteiger partial charge in [0, 0.05) is 18.0 Å². The van der Waals surface area contributed by atoms with Gasteiger partial charge >= 0.3 is 5.97 Å². The molecule has 7 heteroatoms. The third-order valence-electron chi connectivity index (χ3n) is 4.84. The third-order valence-corrected chi connectivity index (χ3v) is 4.84. The molecule has 1 aliphatic rings. The zero-order valence-corrected chi connectivity index (χ0v) is 17.7. The molecule has 0 saturated carbocycles. The number of ether oxygens (including phenoxy) is 1. The van der Waals surface area contributed by atoms with Crippen molar-refractivity contribution >= 4 is 23.3 Å². The van der Waals surface area contributed by atoms with Gasteiger partial charge in [-0.1, -0.05) is 32.9 Å². The standard InChI is InChI=1S/C24H22N2O5/c1-14(27)31-18-7-5-6-16(12-18)20-19(22(29)24(2,3)4)21(28)23(30)26(20)17-10-8-15(13-25)9-11-17/h5-12,20,28H,1-4H3. The van der Waals surface area contributed by atoms with Crippen LogP contribution in [0.3, 0.4) is 0 Å². The van der Waals surface area contributed by atoms with Gasteiger partial charge in [-0.25, -0.2) is 0 Å². The lowest BCUT2D eigenvalue weighted by Crippen LogP contribution is -2.32. The number of aliphatic hydroxyl groups is 1. The molecule has 1 heterocycles. The van der Waals surface area contributed by atoms with E-state index in [4.69, 9.17) is 10.00 Å². The highest BCUT2D eigenvalue weighted by atomic mass is 16.5. The average Bonchev–Trinajstić information content (AvgIpc) is 2.97. The summed E-state index contributed by atoms with van der Waals surface area (Å²) in [6, 6.07) is 13.8. The molecule has 0 fully saturated rings. The molecular weight excluding hydrogens is 396 g/mol. The van der Waals surface area contributed by atoms with E-state index in [1.807, 2.05) is 6.07 Å². The fourth-order valence-corrected chi connectivity index (χ4v) is 3.43. The van der Waals surface area contributed by atoms with Crippen LogP contribution >= 0.6 is 0 Å². The van der Waals surface area contributed by atoms with Crippen LogP contribution in [0.2, 0.25) is 0 Å². The van der Waals surface area contributed by atoms with Crippen molar-refractivity contribution < 1.29 is 24.2 Å². The molecule has 31 heavy (non-hydrogen) atoms. The summed E-state index contributed by atoms with van der Waals surface area (Å²) >= 11 is 0. The molecule has 3 rings (SSSR count). The Morgan fingerprint density at radius 2 is 1.77 bits per heavy atom. The molecule has 1 amide bonds. The monoisotopic (exact) mass is 418 g/mol. The highest BCUT2D eigenvalue weighted by Gasteiger charge is 2.46. The number of hydrogen-bond donors (Lipinski definition) is 1. The summed E-state index contributed by atoms with van der Waals surface area (Å²) < 4.78 is 5.16. The number of hydrogen-bond acceptors (Lipinski definition) is 6. The van der Waals surface area contributed by atoms with Gasteiger partial charge in [0.25, 0.3) is 5.91 Å². The minimum absolute atomic E-state index is 0.0261. The average molecular weight is 418 g/mol. The Balaban J connectivity index is 2.19. The van der Waals surface area contributed by atoms with Crippen molar-refractivity contribution in [2.45, 2.75) is 33.7 Å². The first-order valence-corrected chi connectivity index (χ1v) is 9.64. The van der Waals surface area contributed by atoms with E-state index in [0.717, 1.165) is 0 Å². The van der Waals surface area contributed by atoms with Crippen LogP contribution in [-0.4, -0.2) is 22.8 Å². The van der Waals surface area contributed by atoms with Crippen molar-refractivity contribution in [2.75, 3.05) is 4.90 Å². The van der Waals surface area contributed by atoms with E-state index in [2.05, 4.69) is 0 Å². The lowest BCUT2D eigenvalue weighted by molar-refractivity contribution is -0.132. The van der Waals surface area contributed by atoms with E-state index in [-0.39, 0.29) is 17.1 Å². The van der Waals surface area contributed by atoms with Crippen LogP contribution in [0.1, 0.15) is 44.9 Å². The first-order valence-electron chi connectivity index (χ1n) is 9.64. The molecule has 0 saturated heterocycles. The van der Waals surface area contributed by atoms with Gasteiger partial charge in [-0.3, -0.25) is 19.3 Å². The molecule has 1 unspecified atom stereocenters. The SMILES string of the molecule is CC(=O)Oc1cccc(C2C(C(=O)C(C)(C)C)=C(O)C(=O)N2c2ccc(C#N)cc2)c1. The number of Topliss-reactive ketones (excluding diaryl/α,β-unsaturated/α-hetero) is 1. The minimum atomic E-state index is -0.928. The van der Waals surface area contributed by atoms with Crippen LogP contribution in [0.5, 0.6) is 5.75 Å². The van der Waals surface area contributed by atoms with Crippen molar-refractivity contribution in [3.63, 3.8) is 0 Å². The predicted octanol–water partition coefficient (Wildman–Crippen LogP) is 4.00. The van der Waals surface area contributed by atoms with E-state index in [9.17, 15) is 19.5 Å². The summed E-state index contributed by atoms with van der Waals surface area (Å²) in [5, 5.41) is 19.8. The Bertz CT molecular complexity index is 1130. The number of nitrogens with zero attached hydrogens (tertiary/aromatic N) is 2. The second kappa shape index (κ2) is 8.07. The van der Waals surface area contributed by atoms with Gasteiger partial charge in [0.1, 0.15) is 5.75 Å². The first-order chi connectivity index (χ1) is 14.5. The van der Waals surface area contributed by atoms with Crippen LogP contribution in [0.15, 0.2) is 59.9 Å². The molecular formula is C24H22N2O5. The van der Waals surface area contributed by atoms with Gasteiger partial charge < -0.3 is 9.84 Å². The van der Waals surface area contributed by atoms with Gasteiger partial charge in [-0.15, -0.1) is 0 Å². The highest BCUT2D eigenvalue weighted by Crippen LogP contribution is 2.43. The van der Waals surface area contributed by atoms with Crippen molar-refractivity contribution in [3.8, 4) is 11.8 Å². The van der Waals surface area contributed by atoms with Crippen LogP contribution in [0.4, 0.5) is 5.69 Å². The summed E-state index contributed by atoms with van der Waals surface area (Å²) in [5.41, 5.74) is 0.438. The largest absolute Gasteiger partial charge is 0.503 e. The van der Waals surface area contributed by atoms with E-state index in [0.29, 0.717) is 16.8 Å². The maximum atomic E-state index is 13.2. The van der Waals surface area contributed by atoms with E-state index in [1.54, 1.807) is 69.3 Å². The van der Waals surface area contributed by atoms with Crippen molar-refractivity contribution in [3.05, 3.63) is 71.0 Å². The molecule has 2 aromatic carbocycles. The summed E-state index contributed by atoms with van der Waals surface area (Å²) in [6.07, 6.45) is 0. The van der Waals surface area contributed by atoms with Crippen LogP contribution in [0.25, 0.3) is 0 Å². The Hall–Kier alpha value is -3.92. The lowest BCUT2D eigenvalue weighted by Gasteiger charge is -2.29. The van der Waals surface area contributed by atoms with E-state index < -0.39 is 29.1 Å². The van der Waals surface area contributed by atoms with Crippen molar-refractivity contribution in [2.24, 2.45) is 5.41 Å². The molecule has 7 nitrogen and oxygen atoms in total. The Morgan fingerprint density at radius 1 is 1.13 bits per heavy atom. The molecule has 0 aromatic heterocycles. The van der Waals surface area contributed by atoms with Crippen LogP contribution in [-0.2, 0) is 14.4 Å². The maximum Gasteiger partial charge on any atom is 0.308 e. The molecule has 158 valence electrons. The van der Waals surface area contributed by atoms with Gasteiger partial charge in [-0.05, 0) is 42.0 Å². The third kappa shape index (κ3) is 4.19. The van der Waals surface area contributed by atoms with Gasteiger partial charge in [0.2, 0.25) is 0 Å². The summed E-state index contributed by atoms with van der Waals surface area (Å²) in [6.45, 7) is 6.39. The molecule has 1 atom stereocenters. The summed E-state index contributed by atoms with van der Waals surface area (Å²) in [5.74, 6) is -1.97. The number of esters is 1.